The van der Waals surface area contributed by atoms with Crippen LogP contribution in [-0.2, 0) is 6.54 Å². The summed E-state index contributed by atoms with van der Waals surface area (Å²) in [4.78, 5) is 4.47. The Morgan fingerprint density at radius 1 is 1.12 bits per heavy atom. The van der Waals surface area contributed by atoms with Gasteiger partial charge in [0.1, 0.15) is 18.5 Å². The molecule has 0 aliphatic heterocycles. The SMILES string of the molecule is Cc1cccc(OCC(O)Cn2cnc(-c3ccccc3)c2C)c1N. The molecule has 1 aromatic heterocycles. The fraction of sp³-hybridized carbons (Fsp3) is 0.250. The highest BCUT2D eigenvalue weighted by Crippen LogP contribution is 2.25. The second kappa shape index (κ2) is 7.40. The minimum atomic E-state index is -0.656. The van der Waals surface area contributed by atoms with Crippen molar-refractivity contribution in [2.45, 2.75) is 26.5 Å². The van der Waals surface area contributed by atoms with Gasteiger partial charge in [-0.05, 0) is 25.5 Å². The van der Waals surface area contributed by atoms with Crippen molar-refractivity contribution in [1.29, 1.82) is 0 Å². The lowest BCUT2D eigenvalue weighted by molar-refractivity contribution is 0.0923. The Labute approximate surface area is 147 Å². The summed E-state index contributed by atoms with van der Waals surface area (Å²) in [5, 5.41) is 10.3. The molecular weight excluding hydrogens is 314 g/mol. The molecule has 1 heterocycles. The summed E-state index contributed by atoms with van der Waals surface area (Å²) in [7, 11) is 0. The molecule has 0 saturated heterocycles. The van der Waals surface area contributed by atoms with Crippen molar-refractivity contribution in [2.24, 2.45) is 0 Å². The number of nitrogen functional groups attached to an aromatic ring is 1. The number of ether oxygens (including phenoxy) is 1. The number of aromatic nitrogens is 2. The minimum Gasteiger partial charge on any atom is -0.489 e. The molecule has 1 unspecified atom stereocenters. The molecule has 0 fully saturated rings. The van der Waals surface area contributed by atoms with Crippen LogP contribution in [0, 0.1) is 13.8 Å². The molecule has 0 bridgehead atoms. The standard InChI is InChI=1S/C20H23N3O2/c1-14-7-6-10-18(19(14)21)25-12-17(24)11-23-13-22-20(15(23)2)16-8-4-3-5-9-16/h3-10,13,17,24H,11-12,21H2,1-2H3. The molecule has 25 heavy (non-hydrogen) atoms. The van der Waals surface area contributed by atoms with Gasteiger partial charge in [-0.3, -0.25) is 0 Å². The van der Waals surface area contributed by atoms with Crippen LogP contribution in [0.5, 0.6) is 5.75 Å². The van der Waals surface area contributed by atoms with Crippen LogP contribution >= 0.6 is 0 Å². The number of nitrogens with two attached hydrogens (primary N) is 1. The van der Waals surface area contributed by atoms with E-state index in [1.165, 1.54) is 0 Å². The molecule has 3 N–H and O–H groups in total. The number of aliphatic hydroxyl groups excluding tert-OH is 1. The second-order valence-electron chi connectivity index (χ2n) is 6.15. The van der Waals surface area contributed by atoms with E-state index in [0.717, 1.165) is 22.5 Å². The predicted octanol–water partition coefficient (Wildman–Crippen LogP) is 3.19. The molecule has 5 nitrogen and oxygen atoms in total. The summed E-state index contributed by atoms with van der Waals surface area (Å²) < 4.78 is 7.61. The summed E-state index contributed by atoms with van der Waals surface area (Å²) in [5.74, 6) is 0.603. The first-order valence-electron chi connectivity index (χ1n) is 8.29. The molecule has 1 atom stereocenters. The zero-order chi connectivity index (χ0) is 17.8. The average molecular weight is 337 g/mol. The Morgan fingerprint density at radius 2 is 1.88 bits per heavy atom. The van der Waals surface area contributed by atoms with Crippen LogP contribution in [0.3, 0.4) is 0 Å². The van der Waals surface area contributed by atoms with Crippen molar-refractivity contribution in [1.82, 2.24) is 9.55 Å². The number of aliphatic hydroxyl groups is 1. The monoisotopic (exact) mass is 337 g/mol. The highest BCUT2D eigenvalue weighted by atomic mass is 16.5. The molecule has 130 valence electrons. The molecule has 5 heteroatoms. The number of rotatable bonds is 6. The number of nitrogens with zero attached hydrogens (tertiary/aromatic N) is 2. The van der Waals surface area contributed by atoms with E-state index in [-0.39, 0.29) is 6.61 Å². The summed E-state index contributed by atoms with van der Waals surface area (Å²) in [6, 6.07) is 15.6. The molecule has 2 aromatic carbocycles. The Balaban J connectivity index is 1.65. The van der Waals surface area contributed by atoms with Crippen LogP contribution in [0.25, 0.3) is 11.3 Å². The molecule has 0 aliphatic rings. The number of anilines is 1. The van der Waals surface area contributed by atoms with Crippen LogP contribution in [0.4, 0.5) is 5.69 Å². The van der Waals surface area contributed by atoms with Gasteiger partial charge in [0, 0.05) is 11.3 Å². The van der Waals surface area contributed by atoms with E-state index < -0.39 is 6.10 Å². The molecular formula is C20H23N3O2. The maximum atomic E-state index is 10.3. The Kier molecular flexibility index (Phi) is 5.05. The third kappa shape index (κ3) is 3.83. The third-order valence-corrected chi connectivity index (χ3v) is 4.27. The quantitative estimate of drug-likeness (QED) is 0.678. The molecule has 0 saturated carbocycles. The summed E-state index contributed by atoms with van der Waals surface area (Å²) >= 11 is 0. The van der Waals surface area contributed by atoms with Crippen LogP contribution in [-0.4, -0.2) is 27.4 Å². The van der Waals surface area contributed by atoms with Gasteiger partial charge in [-0.2, -0.15) is 0 Å². The first-order valence-corrected chi connectivity index (χ1v) is 8.29. The van der Waals surface area contributed by atoms with Gasteiger partial charge in [0.2, 0.25) is 0 Å². The summed E-state index contributed by atoms with van der Waals surface area (Å²) in [6.45, 7) is 4.52. The first-order chi connectivity index (χ1) is 12.1. The lowest BCUT2D eigenvalue weighted by Gasteiger charge is -2.16. The number of aryl methyl sites for hydroxylation is 1. The number of benzene rings is 2. The smallest absolute Gasteiger partial charge is 0.142 e. The van der Waals surface area contributed by atoms with Gasteiger partial charge < -0.3 is 20.1 Å². The van der Waals surface area contributed by atoms with Gasteiger partial charge in [-0.25, -0.2) is 4.98 Å². The molecule has 0 radical (unpaired) electrons. The largest absolute Gasteiger partial charge is 0.489 e. The molecule has 0 aliphatic carbocycles. The van der Waals surface area contributed by atoms with E-state index in [1.807, 2.05) is 66.9 Å². The van der Waals surface area contributed by atoms with Gasteiger partial charge in [-0.1, -0.05) is 42.5 Å². The Bertz CT molecular complexity index is 843. The van der Waals surface area contributed by atoms with Crippen LogP contribution in [0.1, 0.15) is 11.3 Å². The molecule has 0 spiro atoms. The number of imidazole rings is 1. The maximum absolute atomic E-state index is 10.3. The van der Waals surface area contributed by atoms with Crippen LogP contribution in [0.2, 0.25) is 0 Å². The zero-order valence-electron chi connectivity index (χ0n) is 14.5. The van der Waals surface area contributed by atoms with Crippen LogP contribution < -0.4 is 10.5 Å². The lowest BCUT2D eigenvalue weighted by Crippen LogP contribution is -2.24. The highest BCUT2D eigenvalue weighted by Gasteiger charge is 2.13. The average Bonchev–Trinajstić information content (AvgIpc) is 2.97. The van der Waals surface area contributed by atoms with Crippen molar-refractivity contribution in [3.63, 3.8) is 0 Å². The molecule has 3 aromatic rings. The number of hydrogen-bond donors (Lipinski definition) is 2. The van der Waals surface area contributed by atoms with Crippen molar-refractivity contribution in [3.8, 4) is 17.0 Å². The van der Waals surface area contributed by atoms with E-state index in [4.69, 9.17) is 10.5 Å². The summed E-state index contributed by atoms with van der Waals surface area (Å²) in [6.07, 6.45) is 1.10. The maximum Gasteiger partial charge on any atom is 0.142 e. The fourth-order valence-electron chi connectivity index (χ4n) is 2.75. The highest BCUT2D eigenvalue weighted by molar-refractivity contribution is 5.61. The van der Waals surface area contributed by atoms with Crippen molar-refractivity contribution in [2.75, 3.05) is 12.3 Å². The van der Waals surface area contributed by atoms with Crippen molar-refractivity contribution in [3.05, 3.63) is 66.1 Å². The van der Waals surface area contributed by atoms with E-state index in [1.54, 1.807) is 6.33 Å². The first kappa shape index (κ1) is 17.0. The Hall–Kier alpha value is -2.79. The fourth-order valence-corrected chi connectivity index (χ4v) is 2.75. The minimum absolute atomic E-state index is 0.173. The lowest BCUT2D eigenvalue weighted by atomic mass is 10.1. The number of hydrogen-bond acceptors (Lipinski definition) is 4. The van der Waals surface area contributed by atoms with Crippen LogP contribution in [0.15, 0.2) is 54.9 Å². The van der Waals surface area contributed by atoms with Gasteiger partial charge in [0.25, 0.3) is 0 Å². The van der Waals surface area contributed by atoms with Gasteiger partial charge in [0.15, 0.2) is 0 Å². The summed E-state index contributed by atoms with van der Waals surface area (Å²) in [5.41, 5.74) is 10.6. The topological polar surface area (TPSA) is 73.3 Å². The normalized spacial score (nSPS) is 12.1. The van der Waals surface area contributed by atoms with Crippen molar-refractivity contribution < 1.29 is 9.84 Å². The van der Waals surface area contributed by atoms with E-state index in [9.17, 15) is 5.11 Å². The van der Waals surface area contributed by atoms with E-state index in [0.29, 0.717) is 18.0 Å². The molecule has 0 amide bonds. The zero-order valence-corrected chi connectivity index (χ0v) is 14.5. The predicted molar refractivity (Wildman–Crippen MR) is 99.5 cm³/mol. The second-order valence-corrected chi connectivity index (χ2v) is 6.15. The molecule has 3 rings (SSSR count). The van der Waals surface area contributed by atoms with Crippen molar-refractivity contribution >= 4 is 5.69 Å². The van der Waals surface area contributed by atoms with Gasteiger partial charge in [0.05, 0.1) is 24.3 Å². The number of para-hydroxylation sites is 1. The van der Waals surface area contributed by atoms with Gasteiger partial charge >= 0.3 is 0 Å². The van der Waals surface area contributed by atoms with E-state index >= 15 is 0 Å². The third-order valence-electron chi connectivity index (χ3n) is 4.27. The van der Waals surface area contributed by atoms with E-state index in [2.05, 4.69) is 4.98 Å². The Morgan fingerprint density at radius 3 is 2.64 bits per heavy atom. The van der Waals surface area contributed by atoms with Gasteiger partial charge in [-0.15, -0.1) is 0 Å².